The van der Waals surface area contributed by atoms with Crippen molar-refractivity contribution in [2.75, 3.05) is 23.3 Å². The number of rotatable bonds is 5. The van der Waals surface area contributed by atoms with Gasteiger partial charge in [-0.3, -0.25) is 14.5 Å². The second kappa shape index (κ2) is 8.26. The Morgan fingerprint density at radius 1 is 0.968 bits per heavy atom. The molecule has 0 unspecified atom stereocenters. The smallest absolute Gasteiger partial charge is 0.319 e. The van der Waals surface area contributed by atoms with Crippen LogP contribution in [-0.4, -0.2) is 41.6 Å². The molecule has 31 heavy (non-hydrogen) atoms. The molecule has 1 heterocycles. The van der Waals surface area contributed by atoms with Gasteiger partial charge in [-0.15, -0.1) is 0 Å². The Labute approximate surface area is 181 Å². The van der Waals surface area contributed by atoms with Crippen molar-refractivity contribution in [3.8, 4) is 0 Å². The van der Waals surface area contributed by atoms with Crippen LogP contribution in [0, 0.1) is 0 Å². The van der Waals surface area contributed by atoms with Crippen LogP contribution in [0.2, 0.25) is 0 Å². The lowest BCUT2D eigenvalue weighted by molar-refractivity contribution is 0.0948. The molecule has 1 aliphatic carbocycles. The van der Waals surface area contributed by atoms with Gasteiger partial charge in [-0.05, 0) is 51.0 Å². The number of allylic oxidation sites excluding steroid dienone is 2. The maximum atomic E-state index is 13.3. The van der Waals surface area contributed by atoms with Crippen LogP contribution in [0.15, 0.2) is 59.9 Å². The van der Waals surface area contributed by atoms with Gasteiger partial charge in [0.15, 0.2) is 0 Å². The van der Waals surface area contributed by atoms with E-state index in [1.807, 2.05) is 18.7 Å². The molecule has 0 radical (unpaired) electrons. The maximum absolute atomic E-state index is 13.3. The molecule has 2 aromatic carbocycles. The number of carbonyl (C=O) groups excluding carboxylic acids is 3. The van der Waals surface area contributed by atoms with E-state index in [4.69, 9.17) is 5.73 Å². The SMILES string of the molecule is CC(C)N(C(N)=O)c1ccc(NC2=C(N3CCCC3)C(=O)c3ccccc3C2=O)cc1. The fourth-order valence-electron chi connectivity index (χ4n) is 4.25. The Kier molecular flexibility index (Phi) is 5.50. The fourth-order valence-corrected chi connectivity index (χ4v) is 4.25. The van der Waals surface area contributed by atoms with E-state index in [2.05, 4.69) is 5.32 Å². The second-order valence-electron chi connectivity index (χ2n) is 8.10. The third-order valence-corrected chi connectivity index (χ3v) is 5.69. The van der Waals surface area contributed by atoms with Gasteiger partial charge in [0.05, 0.1) is 0 Å². The van der Waals surface area contributed by atoms with Gasteiger partial charge in [-0.25, -0.2) is 4.79 Å². The zero-order valence-corrected chi connectivity index (χ0v) is 17.7. The number of nitrogens with zero attached hydrogens (tertiary/aromatic N) is 2. The van der Waals surface area contributed by atoms with Crippen LogP contribution in [0.1, 0.15) is 47.4 Å². The number of Topliss-reactive ketones (excluding diaryl/α,β-unsaturated/α-hetero) is 2. The number of likely N-dealkylation sites (tertiary alicyclic amines) is 1. The number of nitrogens with two attached hydrogens (primary N) is 1. The van der Waals surface area contributed by atoms with Crippen molar-refractivity contribution in [3.63, 3.8) is 0 Å². The monoisotopic (exact) mass is 418 g/mol. The largest absolute Gasteiger partial charge is 0.367 e. The number of primary amides is 1. The Hall–Kier alpha value is -3.61. The van der Waals surface area contributed by atoms with E-state index in [9.17, 15) is 14.4 Å². The number of carbonyl (C=O) groups is 3. The molecule has 2 aromatic rings. The number of nitrogens with one attached hydrogen (secondary N) is 1. The highest BCUT2D eigenvalue weighted by Gasteiger charge is 2.36. The number of amides is 2. The van der Waals surface area contributed by atoms with Gasteiger partial charge in [0, 0.05) is 41.6 Å². The Balaban J connectivity index is 1.71. The van der Waals surface area contributed by atoms with Crippen LogP contribution in [0.3, 0.4) is 0 Å². The van der Waals surface area contributed by atoms with Crippen molar-refractivity contribution in [2.45, 2.75) is 32.7 Å². The van der Waals surface area contributed by atoms with Gasteiger partial charge in [0.1, 0.15) is 11.4 Å². The second-order valence-corrected chi connectivity index (χ2v) is 8.10. The van der Waals surface area contributed by atoms with E-state index in [1.165, 1.54) is 4.90 Å². The van der Waals surface area contributed by atoms with Crippen molar-refractivity contribution in [1.82, 2.24) is 4.90 Å². The van der Waals surface area contributed by atoms with Crippen molar-refractivity contribution in [2.24, 2.45) is 5.73 Å². The quantitative estimate of drug-likeness (QED) is 0.770. The summed E-state index contributed by atoms with van der Waals surface area (Å²) in [5.41, 5.74) is 8.42. The Bertz CT molecular complexity index is 1070. The van der Waals surface area contributed by atoms with Gasteiger partial charge >= 0.3 is 6.03 Å². The van der Waals surface area contributed by atoms with E-state index >= 15 is 0 Å². The minimum atomic E-state index is -0.528. The normalized spacial score (nSPS) is 16.0. The lowest BCUT2D eigenvalue weighted by Gasteiger charge is -2.28. The van der Waals surface area contributed by atoms with Crippen molar-refractivity contribution >= 4 is 29.0 Å². The highest BCUT2D eigenvalue weighted by Crippen LogP contribution is 2.31. The fraction of sp³-hybridized carbons (Fsp3) is 0.292. The zero-order valence-electron chi connectivity index (χ0n) is 17.7. The average Bonchev–Trinajstić information content (AvgIpc) is 3.27. The number of hydrogen-bond donors (Lipinski definition) is 2. The molecule has 1 saturated heterocycles. The van der Waals surface area contributed by atoms with Gasteiger partial charge in [0.2, 0.25) is 11.6 Å². The molecule has 0 bridgehead atoms. The molecular weight excluding hydrogens is 392 g/mol. The topological polar surface area (TPSA) is 95.7 Å². The van der Waals surface area contributed by atoms with Crippen LogP contribution < -0.4 is 16.0 Å². The highest BCUT2D eigenvalue weighted by molar-refractivity contribution is 6.27. The van der Waals surface area contributed by atoms with Gasteiger partial charge in [0.25, 0.3) is 0 Å². The summed E-state index contributed by atoms with van der Waals surface area (Å²) in [6, 6.07) is 13.4. The molecule has 1 aliphatic heterocycles. The molecule has 0 aromatic heterocycles. The predicted octanol–water partition coefficient (Wildman–Crippen LogP) is 3.78. The van der Waals surface area contributed by atoms with E-state index in [0.29, 0.717) is 33.9 Å². The van der Waals surface area contributed by atoms with Crippen LogP contribution in [0.5, 0.6) is 0 Å². The Morgan fingerprint density at radius 3 is 2.10 bits per heavy atom. The minimum Gasteiger partial charge on any atom is -0.367 e. The Morgan fingerprint density at radius 2 is 1.55 bits per heavy atom. The van der Waals surface area contributed by atoms with Gasteiger partial charge < -0.3 is 16.0 Å². The molecule has 0 spiro atoms. The van der Waals surface area contributed by atoms with Crippen molar-refractivity contribution in [1.29, 1.82) is 0 Å². The predicted molar refractivity (Wildman–Crippen MR) is 120 cm³/mol. The number of hydrogen-bond acceptors (Lipinski definition) is 5. The maximum Gasteiger partial charge on any atom is 0.319 e. The summed E-state index contributed by atoms with van der Waals surface area (Å²) in [6.07, 6.45) is 1.99. The van der Waals surface area contributed by atoms with E-state index in [0.717, 1.165) is 25.9 Å². The molecule has 2 aliphatic rings. The summed E-state index contributed by atoms with van der Waals surface area (Å²) < 4.78 is 0. The number of ketones is 2. The van der Waals surface area contributed by atoms with Crippen LogP contribution in [0.25, 0.3) is 0 Å². The first-order valence-electron chi connectivity index (χ1n) is 10.5. The molecular formula is C24H26N4O3. The van der Waals surface area contributed by atoms with Gasteiger partial charge in [-0.1, -0.05) is 24.3 Å². The first-order valence-corrected chi connectivity index (χ1v) is 10.5. The lowest BCUT2D eigenvalue weighted by atomic mass is 9.89. The molecule has 1 fully saturated rings. The zero-order chi connectivity index (χ0) is 22.1. The summed E-state index contributed by atoms with van der Waals surface area (Å²) in [7, 11) is 0. The first kappa shape index (κ1) is 20.7. The number of urea groups is 1. The van der Waals surface area contributed by atoms with Crippen LogP contribution >= 0.6 is 0 Å². The number of benzene rings is 2. The molecule has 2 amide bonds. The highest BCUT2D eigenvalue weighted by atomic mass is 16.2. The van der Waals surface area contributed by atoms with Crippen molar-refractivity contribution in [3.05, 3.63) is 71.1 Å². The molecule has 160 valence electrons. The van der Waals surface area contributed by atoms with Crippen molar-refractivity contribution < 1.29 is 14.4 Å². The van der Waals surface area contributed by atoms with Gasteiger partial charge in [-0.2, -0.15) is 0 Å². The van der Waals surface area contributed by atoms with E-state index < -0.39 is 6.03 Å². The lowest BCUT2D eigenvalue weighted by Crippen LogP contribution is -2.40. The van der Waals surface area contributed by atoms with E-state index in [1.54, 1.807) is 48.5 Å². The molecule has 0 saturated carbocycles. The summed E-state index contributed by atoms with van der Waals surface area (Å²) in [5.74, 6) is -0.321. The standard InChI is InChI=1S/C24H26N4O3/c1-15(2)28(24(25)31)17-11-9-16(10-12-17)26-20-21(27-13-5-6-14-27)23(30)19-8-4-3-7-18(19)22(20)29/h3-4,7-12,15,26H,5-6,13-14H2,1-2H3,(H2,25,31). The number of anilines is 2. The number of fused-ring (bicyclic) bond motifs is 1. The molecule has 7 heteroatoms. The van der Waals surface area contributed by atoms with Crippen LogP contribution in [0.4, 0.5) is 16.2 Å². The molecule has 0 atom stereocenters. The average molecular weight is 418 g/mol. The first-order chi connectivity index (χ1) is 14.9. The van der Waals surface area contributed by atoms with Crippen LogP contribution in [-0.2, 0) is 0 Å². The summed E-state index contributed by atoms with van der Waals surface area (Å²) in [4.78, 5) is 41.9. The molecule has 4 rings (SSSR count). The minimum absolute atomic E-state index is 0.0881. The molecule has 7 nitrogen and oxygen atoms in total. The third kappa shape index (κ3) is 3.79. The van der Waals surface area contributed by atoms with E-state index in [-0.39, 0.29) is 17.6 Å². The summed E-state index contributed by atoms with van der Waals surface area (Å²) >= 11 is 0. The third-order valence-electron chi connectivity index (χ3n) is 5.69. The molecule has 3 N–H and O–H groups in total. The summed E-state index contributed by atoms with van der Waals surface area (Å²) in [6.45, 7) is 5.27. The summed E-state index contributed by atoms with van der Waals surface area (Å²) in [5, 5.41) is 3.19.